The molecule has 0 amide bonds. The van der Waals surface area contributed by atoms with E-state index in [1.54, 1.807) is 0 Å². The van der Waals surface area contributed by atoms with Crippen LogP contribution in [0.4, 0.5) is 0 Å². The van der Waals surface area contributed by atoms with Crippen molar-refractivity contribution < 1.29 is 0 Å². The van der Waals surface area contributed by atoms with E-state index in [0.717, 1.165) is 55.7 Å². The number of para-hydroxylation sites is 2. The van der Waals surface area contributed by atoms with Gasteiger partial charge >= 0.3 is 0 Å². The molecule has 59 heavy (non-hydrogen) atoms. The smallest absolute Gasteiger partial charge is 0.160 e. The molecule has 2 aromatic heterocycles. The van der Waals surface area contributed by atoms with Crippen LogP contribution in [0.1, 0.15) is 0 Å². The second-order valence-corrected chi connectivity index (χ2v) is 15.3. The van der Waals surface area contributed by atoms with Crippen LogP contribution in [0.2, 0.25) is 0 Å². The first kappa shape index (κ1) is 33.3. The Morgan fingerprint density at radius 1 is 0.288 bits per heavy atom. The van der Waals surface area contributed by atoms with E-state index >= 15 is 0 Å². The maximum atomic E-state index is 5.42. The lowest BCUT2D eigenvalue weighted by Gasteiger charge is -2.17. The lowest BCUT2D eigenvalue weighted by molar-refractivity contribution is 1.17. The summed E-state index contributed by atoms with van der Waals surface area (Å²) < 4.78 is 2.41. The molecule has 0 saturated heterocycles. The summed E-state index contributed by atoms with van der Waals surface area (Å²) in [5.74, 6) is 0.690. The minimum absolute atomic E-state index is 0.690. The first-order valence-electron chi connectivity index (χ1n) is 20.2. The molecule has 10 aromatic carbocycles. The zero-order valence-electron chi connectivity index (χ0n) is 32.0. The summed E-state index contributed by atoms with van der Waals surface area (Å²) >= 11 is 0. The van der Waals surface area contributed by atoms with Gasteiger partial charge in [0.25, 0.3) is 0 Å². The molecule has 0 bridgehead atoms. The second kappa shape index (κ2) is 13.4. The number of nitrogens with zero attached hydrogens (tertiary/aromatic N) is 3. The van der Waals surface area contributed by atoms with E-state index in [-0.39, 0.29) is 0 Å². The van der Waals surface area contributed by atoms with Crippen LogP contribution in [0.15, 0.2) is 212 Å². The van der Waals surface area contributed by atoms with Crippen LogP contribution in [-0.2, 0) is 0 Å². The van der Waals surface area contributed by atoms with Gasteiger partial charge in [0.05, 0.1) is 22.4 Å². The van der Waals surface area contributed by atoms with Crippen molar-refractivity contribution in [2.45, 2.75) is 0 Å². The van der Waals surface area contributed by atoms with Crippen LogP contribution in [0.5, 0.6) is 0 Å². The molecule has 0 spiro atoms. The summed E-state index contributed by atoms with van der Waals surface area (Å²) in [5.41, 5.74) is 10.5. The van der Waals surface area contributed by atoms with Crippen LogP contribution < -0.4 is 0 Å². The van der Waals surface area contributed by atoms with E-state index in [1.807, 2.05) is 6.07 Å². The minimum atomic E-state index is 0.690. The molecule has 0 N–H and O–H groups in total. The van der Waals surface area contributed by atoms with E-state index < -0.39 is 0 Å². The fourth-order valence-electron chi connectivity index (χ4n) is 9.25. The van der Waals surface area contributed by atoms with Gasteiger partial charge in [-0.05, 0) is 103 Å². The predicted molar refractivity (Wildman–Crippen MR) is 248 cm³/mol. The first-order chi connectivity index (χ1) is 29.2. The summed E-state index contributed by atoms with van der Waals surface area (Å²) in [6.07, 6.45) is 0. The van der Waals surface area contributed by atoms with Gasteiger partial charge in [0.2, 0.25) is 0 Å². The van der Waals surface area contributed by atoms with E-state index in [0.29, 0.717) is 5.82 Å². The lowest BCUT2D eigenvalue weighted by Crippen LogP contribution is -1.99. The van der Waals surface area contributed by atoms with Gasteiger partial charge in [-0.15, -0.1) is 0 Å². The van der Waals surface area contributed by atoms with Gasteiger partial charge < -0.3 is 4.57 Å². The quantitative estimate of drug-likeness (QED) is 0.164. The van der Waals surface area contributed by atoms with Crippen molar-refractivity contribution in [1.82, 2.24) is 14.5 Å². The second-order valence-electron chi connectivity index (χ2n) is 15.3. The molecule has 0 aliphatic heterocycles. The average Bonchev–Trinajstić information content (AvgIpc) is 3.65. The van der Waals surface area contributed by atoms with E-state index in [2.05, 4.69) is 211 Å². The molecule has 0 radical (unpaired) electrons. The number of benzene rings is 10. The third kappa shape index (κ3) is 5.44. The zero-order chi connectivity index (χ0) is 38.9. The van der Waals surface area contributed by atoms with Crippen molar-refractivity contribution in [3.8, 4) is 50.7 Å². The minimum Gasteiger partial charge on any atom is -0.309 e. The number of hydrogen-bond donors (Lipinski definition) is 0. The van der Waals surface area contributed by atoms with Crippen molar-refractivity contribution in [2.75, 3.05) is 0 Å². The molecule has 3 heteroatoms. The first-order valence-corrected chi connectivity index (χ1v) is 20.2. The number of aromatic nitrogens is 3. The summed E-state index contributed by atoms with van der Waals surface area (Å²) in [7, 11) is 0. The van der Waals surface area contributed by atoms with Gasteiger partial charge in [-0.25, -0.2) is 9.97 Å². The topological polar surface area (TPSA) is 30.7 Å². The van der Waals surface area contributed by atoms with Crippen molar-refractivity contribution in [2.24, 2.45) is 0 Å². The van der Waals surface area contributed by atoms with E-state index in [4.69, 9.17) is 9.97 Å². The van der Waals surface area contributed by atoms with Gasteiger partial charge in [0.15, 0.2) is 5.82 Å². The van der Waals surface area contributed by atoms with Crippen LogP contribution in [-0.4, -0.2) is 14.5 Å². The summed E-state index contributed by atoms with van der Waals surface area (Å²) in [6, 6.07) is 76.4. The van der Waals surface area contributed by atoms with Crippen LogP contribution >= 0.6 is 0 Å². The Hall–Kier alpha value is -7.88. The average molecular weight is 750 g/mol. The highest BCUT2D eigenvalue weighted by Gasteiger charge is 2.19. The van der Waals surface area contributed by atoms with Gasteiger partial charge in [0.1, 0.15) is 0 Å². The van der Waals surface area contributed by atoms with Crippen molar-refractivity contribution in [3.63, 3.8) is 0 Å². The molecule has 274 valence electrons. The van der Waals surface area contributed by atoms with Crippen molar-refractivity contribution in [1.29, 1.82) is 0 Å². The fraction of sp³-hybridized carbons (Fsp3) is 0. The Balaban J connectivity index is 1.18. The zero-order valence-corrected chi connectivity index (χ0v) is 32.0. The molecule has 0 aliphatic rings. The fourth-order valence-corrected chi connectivity index (χ4v) is 9.25. The van der Waals surface area contributed by atoms with Crippen LogP contribution in [0.25, 0.3) is 116 Å². The Labute approximate surface area is 341 Å². The molecular formula is C56H35N3. The van der Waals surface area contributed by atoms with E-state index in [9.17, 15) is 0 Å². The Bertz CT molecular complexity index is 3560. The molecule has 12 rings (SSSR count). The third-order valence-electron chi connectivity index (χ3n) is 11.9. The predicted octanol–water partition coefficient (Wildman–Crippen LogP) is 14.9. The Morgan fingerprint density at radius 3 is 1.37 bits per heavy atom. The summed E-state index contributed by atoms with van der Waals surface area (Å²) in [5, 5.41) is 12.2. The molecule has 3 nitrogen and oxygen atoms in total. The molecular weight excluding hydrogens is 715 g/mol. The van der Waals surface area contributed by atoms with Crippen molar-refractivity contribution >= 4 is 64.9 Å². The van der Waals surface area contributed by atoms with Gasteiger partial charge in [-0.2, -0.15) is 0 Å². The molecule has 0 unspecified atom stereocenters. The standard InChI is InChI=1S/C56H35N3/c1-2-16-36(17-3-1)56-57-52(35-53(58-56)51-34-38-19-5-7-21-43(38)45-23-9-11-25-47(45)51)40-30-39(50-33-37-18-4-6-20-42(37)44-22-8-10-24-46(44)50)31-41(32-40)59-54-28-14-12-26-48(54)49-27-13-15-29-55(49)59/h1-35H. The maximum absolute atomic E-state index is 5.42. The summed E-state index contributed by atoms with van der Waals surface area (Å²) in [4.78, 5) is 10.8. The van der Waals surface area contributed by atoms with Gasteiger partial charge in [-0.3, -0.25) is 0 Å². The van der Waals surface area contributed by atoms with Crippen LogP contribution in [0, 0.1) is 0 Å². The SMILES string of the molecule is c1ccc(-c2nc(-c3cc(-c4cc5ccccc5c5ccccc45)cc(-n4c5ccccc5c5ccccc54)c3)cc(-c3cc4ccccc4c4ccccc34)n2)cc1. The lowest BCUT2D eigenvalue weighted by atomic mass is 9.91. The van der Waals surface area contributed by atoms with Gasteiger partial charge in [-0.1, -0.05) is 164 Å². The Kier molecular flexibility index (Phi) is 7.54. The number of fused-ring (bicyclic) bond motifs is 9. The van der Waals surface area contributed by atoms with E-state index in [1.165, 1.54) is 54.0 Å². The normalized spacial score (nSPS) is 11.7. The molecule has 2 heterocycles. The highest BCUT2D eigenvalue weighted by Crippen LogP contribution is 2.41. The molecule has 12 aromatic rings. The number of rotatable bonds is 5. The third-order valence-corrected chi connectivity index (χ3v) is 11.9. The molecule has 0 atom stereocenters. The molecule has 0 aliphatic carbocycles. The summed E-state index contributed by atoms with van der Waals surface area (Å²) in [6.45, 7) is 0. The number of hydrogen-bond acceptors (Lipinski definition) is 2. The molecule has 0 saturated carbocycles. The van der Waals surface area contributed by atoms with Crippen molar-refractivity contribution in [3.05, 3.63) is 212 Å². The largest absolute Gasteiger partial charge is 0.309 e. The highest BCUT2D eigenvalue weighted by molar-refractivity contribution is 6.15. The monoisotopic (exact) mass is 749 g/mol. The Morgan fingerprint density at radius 2 is 0.746 bits per heavy atom. The van der Waals surface area contributed by atoms with Crippen LogP contribution in [0.3, 0.4) is 0 Å². The highest BCUT2D eigenvalue weighted by atomic mass is 15.0. The maximum Gasteiger partial charge on any atom is 0.160 e. The van der Waals surface area contributed by atoms with Gasteiger partial charge in [0, 0.05) is 33.2 Å². The molecule has 0 fully saturated rings.